The number of aliphatic hydroxyl groups excluding tert-OH is 1. The fourth-order valence-corrected chi connectivity index (χ4v) is 3.27. The summed E-state index contributed by atoms with van der Waals surface area (Å²) in [4.78, 5) is 14.6. The minimum atomic E-state index is -0.192. The molecular weight excluding hydrogens is 292 g/mol. The van der Waals surface area contributed by atoms with E-state index in [1.807, 2.05) is 17.7 Å². The van der Waals surface area contributed by atoms with E-state index < -0.39 is 0 Å². The molecule has 1 saturated heterocycles. The van der Waals surface area contributed by atoms with Crippen molar-refractivity contribution in [1.82, 2.24) is 14.7 Å². The van der Waals surface area contributed by atoms with Crippen molar-refractivity contribution in [2.75, 3.05) is 18.5 Å². The lowest BCUT2D eigenvalue weighted by Crippen LogP contribution is -2.50. The highest BCUT2D eigenvalue weighted by Gasteiger charge is 2.29. The zero-order chi connectivity index (χ0) is 17.2. The highest BCUT2D eigenvalue weighted by atomic mass is 16.3. The number of nitrogens with one attached hydrogen (secondary N) is 1. The molecule has 2 heterocycles. The molecule has 6 heteroatoms. The smallest absolute Gasteiger partial charge is 0.239 e. The minimum Gasteiger partial charge on any atom is -0.395 e. The second-order valence-electron chi connectivity index (χ2n) is 7.59. The summed E-state index contributed by atoms with van der Waals surface area (Å²) < 4.78 is 1.85. The molecule has 1 aromatic heterocycles. The predicted octanol–water partition coefficient (Wildman–Crippen LogP) is 2.12. The molecule has 0 aliphatic carbocycles. The lowest BCUT2D eigenvalue weighted by molar-refractivity contribution is -0.119. The van der Waals surface area contributed by atoms with Gasteiger partial charge in [-0.25, -0.2) is 4.68 Å². The van der Waals surface area contributed by atoms with Crippen molar-refractivity contribution in [2.45, 2.75) is 71.5 Å². The molecule has 0 saturated carbocycles. The number of carbonyl (C=O) groups is 1. The van der Waals surface area contributed by atoms with Gasteiger partial charge in [-0.05, 0) is 47.5 Å². The summed E-state index contributed by atoms with van der Waals surface area (Å²) in [5.41, 5.74) is 0.693. The molecule has 1 aliphatic heterocycles. The lowest BCUT2D eigenvalue weighted by Gasteiger charge is -2.39. The maximum atomic E-state index is 12.5. The van der Waals surface area contributed by atoms with E-state index in [4.69, 9.17) is 0 Å². The van der Waals surface area contributed by atoms with Gasteiger partial charge >= 0.3 is 0 Å². The highest BCUT2D eigenvalue weighted by Crippen LogP contribution is 2.24. The van der Waals surface area contributed by atoms with Crippen LogP contribution in [0.5, 0.6) is 0 Å². The molecule has 1 aromatic rings. The molecule has 2 unspecified atom stereocenters. The van der Waals surface area contributed by atoms with E-state index in [0.717, 1.165) is 30.8 Å². The summed E-state index contributed by atoms with van der Waals surface area (Å²) in [7, 11) is 0. The molecule has 2 atom stereocenters. The van der Waals surface area contributed by atoms with Crippen LogP contribution in [0, 0.1) is 6.92 Å². The van der Waals surface area contributed by atoms with E-state index in [0.29, 0.717) is 12.6 Å². The van der Waals surface area contributed by atoms with Crippen molar-refractivity contribution in [3.05, 3.63) is 11.8 Å². The third-order valence-electron chi connectivity index (χ3n) is 4.47. The van der Waals surface area contributed by atoms with Gasteiger partial charge in [0.2, 0.25) is 5.91 Å². The summed E-state index contributed by atoms with van der Waals surface area (Å²) >= 11 is 0. The first-order chi connectivity index (χ1) is 10.7. The number of piperidine rings is 1. The number of carbonyl (C=O) groups excluding carboxylic acids is 1. The van der Waals surface area contributed by atoms with Crippen molar-refractivity contribution in [3.63, 3.8) is 0 Å². The van der Waals surface area contributed by atoms with Crippen LogP contribution < -0.4 is 5.32 Å². The van der Waals surface area contributed by atoms with Crippen molar-refractivity contribution in [3.8, 4) is 0 Å². The average Bonchev–Trinajstić information content (AvgIpc) is 2.81. The number of aromatic nitrogens is 2. The largest absolute Gasteiger partial charge is 0.395 e. The fourth-order valence-electron chi connectivity index (χ4n) is 3.27. The molecule has 23 heavy (non-hydrogen) atoms. The highest BCUT2D eigenvalue weighted by molar-refractivity contribution is 5.91. The molecule has 130 valence electrons. The van der Waals surface area contributed by atoms with E-state index in [-0.39, 0.29) is 24.1 Å². The van der Waals surface area contributed by atoms with E-state index in [9.17, 15) is 9.90 Å². The molecule has 0 aromatic carbocycles. The Kier molecular flexibility index (Phi) is 5.47. The second kappa shape index (κ2) is 7.01. The Labute approximate surface area is 138 Å². The Morgan fingerprint density at radius 2 is 2.13 bits per heavy atom. The van der Waals surface area contributed by atoms with E-state index >= 15 is 0 Å². The lowest BCUT2D eigenvalue weighted by atomic mass is 9.97. The summed E-state index contributed by atoms with van der Waals surface area (Å²) in [5.74, 6) is 0.674. The SMILES string of the molecule is Cc1cc(NC(=O)CN2C(C)CCCC2CO)n(C(C)(C)C)n1. The monoisotopic (exact) mass is 322 g/mol. The van der Waals surface area contributed by atoms with Gasteiger partial charge in [-0.1, -0.05) is 6.42 Å². The Morgan fingerprint density at radius 3 is 2.74 bits per heavy atom. The Balaban J connectivity index is 2.08. The summed E-state index contributed by atoms with van der Waals surface area (Å²) in [6.07, 6.45) is 3.14. The normalized spacial score (nSPS) is 23.0. The van der Waals surface area contributed by atoms with E-state index in [1.165, 1.54) is 0 Å². The summed E-state index contributed by atoms with van der Waals surface area (Å²) in [6, 6.07) is 2.30. The number of hydrogen-bond acceptors (Lipinski definition) is 4. The van der Waals surface area contributed by atoms with Crippen LogP contribution in [0.3, 0.4) is 0 Å². The standard InChI is InChI=1S/C17H30N4O2/c1-12-9-15(21(19-12)17(3,4)5)18-16(23)10-20-13(2)7-6-8-14(20)11-22/h9,13-14,22H,6-8,10-11H2,1-5H3,(H,18,23). The number of aryl methyl sites for hydroxylation is 1. The molecule has 6 nitrogen and oxygen atoms in total. The molecule has 1 amide bonds. The number of amides is 1. The van der Waals surface area contributed by atoms with Crippen LogP contribution in [0.4, 0.5) is 5.82 Å². The van der Waals surface area contributed by atoms with Crippen LogP contribution in [0.15, 0.2) is 6.07 Å². The number of hydrogen-bond donors (Lipinski definition) is 2. The Bertz CT molecular complexity index is 547. The zero-order valence-corrected chi connectivity index (χ0v) is 15.0. The first-order valence-corrected chi connectivity index (χ1v) is 8.46. The number of aliphatic hydroxyl groups is 1. The number of likely N-dealkylation sites (tertiary alicyclic amines) is 1. The van der Waals surface area contributed by atoms with Crippen LogP contribution in [-0.2, 0) is 10.3 Å². The second-order valence-corrected chi connectivity index (χ2v) is 7.59. The minimum absolute atomic E-state index is 0.0531. The molecule has 1 aliphatic rings. The fraction of sp³-hybridized carbons (Fsp3) is 0.765. The first-order valence-electron chi connectivity index (χ1n) is 8.46. The maximum Gasteiger partial charge on any atom is 0.239 e. The maximum absolute atomic E-state index is 12.5. The number of nitrogens with zero attached hydrogens (tertiary/aromatic N) is 3. The molecule has 0 bridgehead atoms. The molecule has 0 spiro atoms. The number of rotatable bonds is 4. The molecule has 0 radical (unpaired) electrons. The third-order valence-corrected chi connectivity index (χ3v) is 4.47. The molecule has 1 fully saturated rings. The van der Waals surface area contributed by atoms with Crippen molar-refractivity contribution in [2.24, 2.45) is 0 Å². The van der Waals surface area contributed by atoms with Crippen LogP contribution >= 0.6 is 0 Å². The van der Waals surface area contributed by atoms with Crippen molar-refractivity contribution >= 4 is 11.7 Å². The molecule has 2 N–H and O–H groups in total. The van der Waals surface area contributed by atoms with E-state index in [1.54, 1.807) is 0 Å². The van der Waals surface area contributed by atoms with Crippen LogP contribution in [0.2, 0.25) is 0 Å². The van der Waals surface area contributed by atoms with Crippen LogP contribution in [-0.4, -0.2) is 50.9 Å². The predicted molar refractivity (Wildman–Crippen MR) is 91.5 cm³/mol. The van der Waals surface area contributed by atoms with Gasteiger partial charge in [0.1, 0.15) is 5.82 Å². The van der Waals surface area contributed by atoms with Crippen molar-refractivity contribution < 1.29 is 9.90 Å². The van der Waals surface area contributed by atoms with Gasteiger partial charge in [-0.3, -0.25) is 9.69 Å². The summed E-state index contributed by atoms with van der Waals surface area (Å²) in [5, 5.41) is 17.0. The van der Waals surface area contributed by atoms with Crippen molar-refractivity contribution in [1.29, 1.82) is 0 Å². The number of anilines is 1. The first kappa shape index (κ1) is 17.9. The molecular formula is C17H30N4O2. The quantitative estimate of drug-likeness (QED) is 0.891. The van der Waals surface area contributed by atoms with Gasteiger partial charge in [0.25, 0.3) is 0 Å². The van der Waals surface area contributed by atoms with Crippen LogP contribution in [0.25, 0.3) is 0 Å². The topological polar surface area (TPSA) is 70.4 Å². The van der Waals surface area contributed by atoms with Gasteiger partial charge in [-0.15, -0.1) is 0 Å². The summed E-state index contributed by atoms with van der Waals surface area (Å²) in [6.45, 7) is 10.6. The van der Waals surface area contributed by atoms with E-state index in [2.05, 4.69) is 43.0 Å². The van der Waals surface area contributed by atoms with Crippen LogP contribution in [0.1, 0.15) is 52.7 Å². The molecule has 2 rings (SSSR count). The van der Waals surface area contributed by atoms with Gasteiger partial charge in [0, 0.05) is 18.2 Å². The average molecular weight is 322 g/mol. The Hall–Kier alpha value is -1.40. The van der Waals surface area contributed by atoms with Gasteiger partial charge in [-0.2, -0.15) is 5.10 Å². The van der Waals surface area contributed by atoms with Gasteiger partial charge in [0.05, 0.1) is 24.4 Å². The zero-order valence-electron chi connectivity index (χ0n) is 15.0. The third kappa shape index (κ3) is 4.32. The van der Waals surface area contributed by atoms with Gasteiger partial charge in [0.15, 0.2) is 0 Å². The Morgan fingerprint density at radius 1 is 1.43 bits per heavy atom. The van der Waals surface area contributed by atoms with Gasteiger partial charge < -0.3 is 10.4 Å².